The Morgan fingerprint density at radius 1 is 1.58 bits per heavy atom. The minimum absolute atomic E-state index is 0.124. The van der Waals surface area contributed by atoms with Crippen molar-refractivity contribution < 1.29 is 19.0 Å². The number of hydrogen-bond acceptors (Lipinski definition) is 3. The number of ether oxygens (including phenoxy) is 1. The maximum absolute atomic E-state index is 13.8. The van der Waals surface area contributed by atoms with Crippen molar-refractivity contribution in [3.05, 3.63) is 29.6 Å². The first-order valence-electron chi connectivity index (χ1n) is 5.96. The number of benzene rings is 1. The molecule has 0 aliphatic rings. The quantitative estimate of drug-likeness (QED) is 0.853. The van der Waals surface area contributed by atoms with E-state index >= 15 is 0 Å². The van der Waals surface area contributed by atoms with Gasteiger partial charge in [0.05, 0.1) is 25.3 Å². The molecule has 19 heavy (non-hydrogen) atoms. The number of halogens is 1. The number of rotatable bonds is 5. The molecule has 0 saturated carbocycles. The van der Waals surface area contributed by atoms with E-state index in [9.17, 15) is 9.18 Å². The van der Waals surface area contributed by atoms with Crippen LogP contribution in [0, 0.1) is 5.82 Å². The largest absolute Gasteiger partial charge is 0.496 e. The van der Waals surface area contributed by atoms with Crippen LogP contribution in [0.15, 0.2) is 18.2 Å². The number of aliphatic hydroxyl groups excluding tert-OH is 1. The van der Waals surface area contributed by atoms with Crippen LogP contribution >= 0.6 is 0 Å². The van der Waals surface area contributed by atoms with E-state index in [0.29, 0.717) is 11.3 Å². The zero-order valence-corrected chi connectivity index (χ0v) is 11.3. The van der Waals surface area contributed by atoms with Crippen LogP contribution in [-0.2, 0) is 0 Å². The van der Waals surface area contributed by atoms with E-state index in [0.717, 1.165) is 0 Å². The Hall–Kier alpha value is -1.82. The number of hydrogen-bond donors (Lipinski definition) is 2. The van der Waals surface area contributed by atoms with E-state index in [-0.39, 0.29) is 19.2 Å². The molecule has 0 aromatic heterocycles. The van der Waals surface area contributed by atoms with E-state index in [2.05, 4.69) is 5.32 Å². The van der Waals surface area contributed by atoms with Gasteiger partial charge in [0, 0.05) is 13.6 Å². The van der Waals surface area contributed by atoms with Crippen LogP contribution in [0.2, 0.25) is 0 Å². The third-order valence-corrected chi connectivity index (χ3v) is 2.79. The van der Waals surface area contributed by atoms with Crippen molar-refractivity contribution in [2.45, 2.75) is 13.0 Å². The van der Waals surface area contributed by atoms with Crippen LogP contribution in [-0.4, -0.2) is 43.3 Å². The molecule has 2 N–H and O–H groups in total. The normalized spacial score (nSPS) is 11.8. The van der Waals surface area contributed by atoms with Crippen molar-refractivity contribution in [2.24, 2.45) is 0 Å². The second kappa shape index (κ2) is 6.94. The van der Waals surface area contributed by atoms with Gasteiger partial charge in [0.25, 0.3) is 0 Å². The van der Waals surface area contributed by atoms with Crippen LogP contribution in [0.1, 0.15) is 18.5 Å². The molecule has 2 amide bonds. The Kier molecular flexibility index (Phi) is 5.57. The number of nitrogens with zero attached hydrogens (tertiary/aromatic N) is 1. The zero-order valence-electron chi connectivity index (χ0n) is 11.3. The van der Waals surface area contributed by atoms with Gasteiger partial charge in [-0.25, -0.2) is 9.18 Å². The van der Waals surface area contributed by atoms with Gasteiger partial charge in [-0.15, -0.1) is 0 Å². The fraction of sp³-hybridized carbons (Fsp3) is 0.462. The number of nitrogens with one attached hydrogen (secondary N) is 1. The molecule has 1 aromatic rings. The summed E-state index contributed by atoms with van der Waals surface area (Å²) >= 11 is 0. The molecule has 0 heterocycles. The first kappa shape index (κ1) is 15.2. The molecule has 6 heteroatoms. The van der Waals surface area contributed by atoms with Crippen LogP contribution in [0.5, 0.6) is 5.75 Å². The molecule has 0 aliphatic heterocycles. The Bertz CT molecular complexity index is 440. The van der Waals surface area contributed by atoms with Gasteiger partial charge in [-0.05, 0) is 19.1 Å². The molecule has 0 saturated heterocycles. The highest BCUT2D eigenvalue weighted by Crippen LogP contribution is 2.27. The average Bonchev–Trinajstić information content (AvgIpc) is 2.38. The maximum Gasteiger partial charge on any atom is 0.317 e. The van der Waals surface area contributed by atoms with Gasteiger partial charge in [-0.1, -0.05) is 6.07 Å². The van der Waals surface area contributed by atoms with Crippen LogP contribution in [0.25, 0.3) is 0 Å². The van der Waals surface area contributed by atoms with E-state index in [1.54, 1.807) is 26.1 Å². The van der Waals surface area contributed by atoms with Gasteiger partial charge in [-0.2, -0.15) is 0 Å². The molecule has 1 rings (SSSR count). The SMILES string of the molecule is COc1cccc(F)c1C(C)NC(=O)N(C)CCO. The first-order valence-corrected chi connectivity index (χ1v) is 5.96. The number of amides is 2. The summed E-state index contributed by atoms with van der Waals surface area (Å²) in [6.45, 7) is 1.76. The van der Waals surface area contributed by atoms with E-state index in [4.69, 9.17) is 9.84 Å². The molecule has 0 spiro atoms. The Balaban J connectivity index is 2.83. The lowest BCUT2D eigenvalue weighted by atomic mass is 10.1. The van der Waals surface area contributed by atoms with E-state index in [1.807, 2.05) is 0 Å². The number of carbonyl (C=O) groups excluding carboxylic acids is 1. The lowest BCUT2D eigenvalue weighted by molar-refractivity contribution is 0.187. The molecule has 5 nitrogen and oxygen atoms in total. The summed E-state index contributed by atoms with van der Waals surface area (Å²) < 4.78 is 18.9. The van der Waals surface area contributed by atoms with Gasteiger partial charge < -0.3 is 20.1 Å². The summed E-state index contributed by atoms with van der Waals surface area (Å²) in [4.78, 5) is 13.1. The van der Waals surface area contributed by atoms with Crippen LogP contribution in [0.4, 0.5) is 9.18 Å². The van der Waals surface area contributed by atoms with Crippen LogP contribution in [0.3, 0.4) is 0 Å². The van der Waals surface area contributed by atoms with Gasteiger partial charge in [0.1, 0.15) is 11.6 Å². The number of carbonyl (C=O) groups is 1. The predicted molar refractivity (Wildman–Crippen MR) is 69.6 cm³/mol. The molecule has 0 fully saturated rings. The number of likely N-dealkylation sites (N-methyl/N-ethyl adjacent to an activating group) is 1. The molecule has 0 radical (unpaired) electrons. The summed E-state index contributed by atoms with van der Waals surface area (Å²) in [7, 11) is 3.00. The molecular formula is C13H19FN2O3. The second-order valence-corrected chi connectivity index (χ2v) is 4.17. The lowest BCUT2D eigenvalue weighted by Gasteiger charge is -2.22. The highest BCUT2D eigenvalue weighted by molar-refractivity contribution is 5.74. The molecule has 0 aliphatic carbocycles. The molecule has 1 unspecified atom stereocenters. The highest BCUT2D eigenvalue weighted by atomic mass is 19.1. The molecule has 1 atom stereocenters. The van der Waals surface area contributed by atoms with Crippen molar-refractivity contribution >= 4 is 6.03 Å². The van der Waals surface area contributed by atoms with E-state index < -0.39 is 11.9 Å². The van der Waals surface area contributed by atoms with Crippen molar-refractivity contribution in [3.63, 3.8) is 0 Å². The van der Waals surface area contributed by atoms with Crippen molar-refractivity contribution in [2.75, 3.05) is 27.3 Å². The predicted octanol–water partition coefficient (Wildman–Crippen LogP) is 1.53. The number of aliphatic hydroxyl groups is 1. The van der Waals surface area contributed by atoms with Crippen molar-refractivity contribution in [3.8, 4) is 5.75 Å². The Labute approximate surface area is 112 Å². The second-order valence-electron chi connectivity index (χ2n) is 4.17. The van der Waals surface area contributed by atoms with E-state index in [1.165, 1.54) is 18.1 Å². The fourth-order valence-electron chi connectivity index (χ4n) is 1.73. The Morgan fingerprint density at radius 3 is 2.84 bits per heavy atom. The maximum atomic E-state index is 13.8. The van der Waals surface area contributed by atoms with Gasteiger partial charge in [0.15, 0.2) is 0 Å². The minimum atomic E-state index is -0.537. The third-order valence-electron chi connectivity index (χ3n) is 2.79. The highest BCUT2D eigenvalue weighted by Gasteiger charge is 2.19. The molecular weight excluding hydrogens is 251 g/mol. The van der Waals surface area contributed by atoms with Crippen molar-refractivity contribution in [1.82, 2.24) is 10.2 Å². The fourth-order valence-corrected chi connectivity index (χ4v) is 1.73. The standard InChI is InChI=1S/C13H19FN2O3/c1-9(15-13(18)16(2)7-8-17)12-10(14)5-4-6-11(12)19-3/h4-6,9,17H,7-8H2,1-3H3,(H,15,18). The summed E-state index contributed by atoms with van der Waals surface area (Å²) in [5, 5.41) is 11.4. The first-order chi connectivity index (χ1) is 9.01. The monoisotopic (exact) mass is 270 g/mol. The number of urea groups is 1. The minimum Gasteiger partial charge on any atom is -0.496 e. The van der Waals surface area contributed by atoms with Gasteiger partial charge in [0.2, 0.25) is 0 Å². The topological polar surface area (TPSA) is 61.8 Å². The zero-order chi connectivity index (χ0) is 14.4. The number of methoxy groups -OCH3 is 1. The average molecular weight is 270 g/mol. The summed E-state index contributed by atoms with van der Waals surface area (Å²) in [6, 6.07) is 3.58. The summed E-state index contributed by atoms with van der Waals surface area (Å²) in [5.41, 5.74) is 0.302. The van der Waals surface area contributed by atoms with Gasteiger partial charge in [-0.3, -0.25) is 0 Å². The third kappa shape index (κ3) is 3.82. The molecule has 106 valence electrons. The summed E-state index contributed by atoms with van der Waals surface area (Å²) in [6.07, 6.45) is 0. The molecule has 0 bridgehead atoms. The van der Waals surface area contributed by atoms with Crippen molar-refractivity contribution in [1.29, 1.82) is 0 Å². The lowest BCUT2D eigenvalue weighted by Crippen LogP contribution is -2.40. The van der Waals surface area contributed by atoms with Crippen LogP contribution < -0.4 is 10.1 Å². The molecule has 1 aromatic carbocycles. The summed E-state index contributed by atoms with van der Waals surface area (Å²) in [5.74, 6) is -0.0467. The Morgan fingerprint density at radius 2 is 2.26 bits per heavy atom. The van der Waals surface area contributed by atoms with Gasteiger partial charge >= 0.3 is 6.03 Å². The smallest absolute Gasteiger partial charge is 0.317 e.